The summed E-state index contributed by atoms with van der Waals surface area (Å²) < 4.78 is 0. The molecule has 2 atom stereocenters. The van der Waals surface area contributed by atoms with Crippen LogP contribution in [-0.2, 0) is 4.79 Å². The topological polar surface area (TPSA) is 61.4 Å². The lowest BCUT2D eigenvalue weighted by atomic mass is 10.1. The van der Waals surface area contributed by atoms with E-state index in [0.29, 0.717) is 13.0 Å². The highest BCUT2D eigenvalue weighted by Crippen LogP contribution is 1.99. The van der Waals surface area contributed by atoms with Crippen molar-refractivity contribution in [2.24, 2.45) is 0 Å². The fourth-order valence-electron chi connectivity index (χ4n) is 0.820. The Hall–Kier alpha value is -0.580. The van der Waals surface area contributed by atoms with Crippen molar-refractivity contribution in [3.8, 4) is 0 Å². The second-order valence-corrected chi connectivity index (χ2v) is 2.82. The first-order chi connectivity index (χ1) is 6.17. The van der Waals surface area contributed by atoms with Gasteiger partial charge in [0, 0.05) is 6.54 Å². The molecule has 3 N–H and O–H groups in total. The van der Waals surface area contributed by atoms with E-state index < -0.39 is 18.1 Å². The first kappa shape index (κ1) is 12.4. The van der Waals surface area contributed by atoms with Gasteiger partial charge in [-0.05, 0) is 18.2 Å². The standard InChI is InChI=1S/C8H15ClN2O2/c1-3-5-10-8(13)7(12)6(4-2)11-9/h3,6-7,11-12H,1,4-5H2,2H3,(H,10,13). The molecule has 0 heterocycles. The summed E-state index contributed by atoms with van der Waals surface area (Å²) in [7, 11) is 0. The van der Waals surface area contributed by atoms with Gasteiger partial charge in [0.25, 0.3) is 5.91 Å². The molecule has 0 radical (unpaired) electrons. The van der Waals surface area contributed by atoms with Gasteiger partial charge in [0.15, 0.2) is 0 Å². The Labute approximate surface area is 83.1 Å². The summed E-state index contributed by atoms with van der Waals surface area (Å²) >= 11 is 5.33. The van der Waals surface area contributed by atoms with Crippen LogP contribution in [0.1, 0.15) is 13.3 Å². The van der Waals surface area contributed by atoms with Crippen LogP contribution in [0.3, 0.4) is 0 Å². The molecule has 5 heteroatoms. The first-order valence-electron chi connectivity index (χ1n) is 4.10. The highest BCUT2D eigenvalue weighted by atomic mass is 35.5. The predicted octanol–water partition coefficient (Wildman–Crippen LogP) is 0.171. The Morgan fingerprint density at radius 2 is 2.38 bits per heavy atom. The molecular formula is C8H15ClN2O2. The molecule has 0 spiro atoms. The molecule has 0 aliphatic rings. The maximum Gasteiger partial charge on any atom is 0.250 e. The number of carbonyl (C=O) groups is 1. The molecule has 0 rings (SSSR count). The van der Waals surface area contributed by atoms with Crippen LogP contribution >= 0.6 is 11.8 Å². The lowest BCUT2D eigenvalue weighted by Gasteiger charge is -2.18. The van der Waals surface area contributed by atoms with Crippen LogP contribution in [0.4, 0.5) is 0 Å². The van der Waals surface area contributed by atoms with E-state index in [1.165, 1.54) is 0 Å². The molecule has 0 aromatic heterocycles. The number of aliphatic hydroxyl groups excluding tert-OH is 1. The van der Waals surface area contributed by atoms with Crippen LogP contribution in [0, 0.1) is 0 Å². The van der Waals surface area contributed by atoms with E-state index in [9.17, 15) is 9.90 Å². The number of hydrogen-bond donors (Lipinski definition) is 3. The first-order valence-corrected chi connectivity index (χ1v) is 4.48. The van der Waals surface area contributed by atoms with Crippen molar-refractivity contribution in [2.75, 3.05) is 6.54 Å². The quantitative estimate of drug-likeness (QED) is 0.429. The van der Waals surface area contributed by atoms with Gasteiger partial charge in [-0.3, -0.25) is 4.79 Å². The second kappa shape index (κ2) is 6.88. The molecule has 76 valence electrons. The van der Waals surface area contributed by atoms with Gasteiger partial charge in [0.05, 0.1) is 6.04 Å². The Balaban J connectivity index is 3.98. The summed E-state index contributed by atoms with van der Waals surface area (Å²) in [5.41, 5.74) is 0. The Morgan fingerprint density at radius 1 is 1.77 bits per heavy atom. The van der Waals surface area contributed by atoms with E-state index >= 15 is 0 Å². The Morgan fingerprint density at radius 3 is 2.77 bits per heavy atom. The van der Waals surface area contributed by atoms with Crippen LogP contribution < -0.4 is 10.2 Å². The van der Waals surface area contributed by atoms with E-state index in [0.717, 1.165) is 0 Å². The summed E-state index contributed by atoms with van der Waals surface area (Å²) in [5.74, 6) is -0.445. The number of hydrogen-bond acceptors (Lipinski definition) is 3. The Kier molecular flexibility index (Phi) is 6.58. The van der Waals surface area contributed by atoms with E-state index in [-0.39, 0.29) is 0 Å². The highest BCUT2D eigenvalue weighted by molar-refractivity contribution is 6.13. The average Bonchev–Trinajstić information content (AvgIpc) is 2.15. The molecular weight excluding hydrogens is 192 g/mol. The van der Waals surface area contributed by atoms with Crippen molar-refractivity contribution in [1.29, 1.82) is 0 Å². The fourth-order valence-corrected chi connectivity index (χ4v) is 1.09. The van der Waals surface area contributed by atoms with Crippen LogP contribution in [0.5, 0.6) is 0 Å². The maximum absolute atomic E-state index is 11.2. The fraction of sp³-hybridized carbons (Fsp3) is 0.625. The number of amides is 1. The smallest absolute Gasteiger partial charge is 0.250 e. The van der Waals surface area contributed by atoms with Crippen molar-refractivity contribution >= 4 is 17.7 Å². The zero-order valence-electron chi connectivity index (χ0n) is 7.59. The average molecular weight is 207 g/mol. The van der Waals surface area contributed by atoms with Crippen LogP contribution in [0.25, 0.3) is 0 Å². The normalized spacial score (nSPS) is 14.7. The molecule has 1 amide bonds. The number of aliphatic hydroxyl groups is 1. The minimum absolute atomic E-state index is 0.342. The lowest BCUT2D eigenvalue weighted by molar-refractivity contribution is -0.130. The van der Waals surface area contributed by atoms with Gasteiger partial charge in [-0.1, -0.05) is 13.0 Å². The SMILES string of the molecule is C=CCNC(=O)C(O)C(CC)NCl. The number of rotatable bonds is 6. The van der Waals surface area contributed by atoms with Crippen LogP contribution in [0.2, 0.25) is 0 Å². The number of halogens is 1. The van der Waals surface area contributed by atoms with Gasteiger partial charge in [-0.2, -0.15) is 0 Å². The lowest BCUT2D eigenvalue weighted by Crippen LogP contribution is -2.46. The van der Waals surface area contributed by atoms with Gasteiger partial charge in [-0.15, -0.1) is 6.58 Å². The molecule has 0 aromatic rings. The van der Waals surface area contributed by atoms with Gasteiger partial charge < -0.3 is 10.4 Å². The minimum atomic E-state index is -1.12. The van der Waals surface area contributed by atoms with Gasteiger partial charge in [0.2, 0.25) is 0 Å². The van der Waals surface area contributed by atoms with Gasteiger partial charge in [0.1, 0.15) is 6.10 Å². The summed E-state index contributed by atoms with van der Waals surface area (Å²) in [6.07, 6.45) is 0.994. The summed E-state index contributed by atoms with van der Waals surface area (Å²) in [6, 6.07) is -0.425. The molecule has 0 saturated heterocycles. The Bertz CT molecular complexity index is 172. The molecule has 0 fully saturated rings. The molecule has 4 nitrogen and oxygen atoms in total. The van der Waals surface area contributed by atoms with Crippen molar-refractivity contribution in [2.45, 2.75) is 25.5 Å². The van der Waals surface area contributed by atoms with E-state index in [2.05, 4.69) is 16.7 Å². The molecule has 0 aromatic carbocycles. The van der Waals surface area contributed by atoms with Crippen LogP contribution in [0.15, 0.2) is 12.7 Å². The largest absolute Gasteiger partial charge is 0.382 e. The zero-order chi connectivity index (χ0) is 10.3. The summed E-state index contributed by atoms with van der Waals surface area (Å²) in [5, 5.41) is 11.9. The summed E-state index contributed by atoms with van der Waals surface area (Å²) in [4.78, 5) is 13.5. The second-order valence-electron chi connectivity index (χ2n) is 2.60. The van der Waals surface area contributed by atoms with Crippen molar-refractivity contribution in [3.63, 3.8) is 0 Å². The van der Waals surface area contributed by atoms with E-state index in [4.69, 9.17) is 11.8 Å². The number of nitrogens with one attached hydrogen (secondary N) is 2. The third-order valence-corrected chi connectivity index (χ3v) is 1.93. The molecule has 0 aliphatic carbocycles. The monoisotopic (exact) mass is 206 g/mol. The molecule has 0 saturated carbocycles. The predicted molar refractivity (Wildman–Crippen MR) is 52.3 cm³/mol. The zero-order valence-corrected chi connectivity index (χ0v) is 8.34. The summed E-state index contributed by atoms with van der Waals surface area (Å²) in [6.45, 7) is 5.60. The molecule has 13 heavy (non-hydrogen) atoms. The van der Waals surface area contributed by atoms with Gasteiger partial charge >= 0.3 is 0 Å². The molecule has 0 aliphatic heterocycles. The van der Waals surface area contributed by atoms with Crippen molar-refractivity contribution < 1.29 is 9.90 Å². The maximum atomic E-state index is 11.2. The highest BCUT2D eigenvalue weighted by Gasteiger charge is 2.23. The third kappa shape index (κ3) is 4.26. The minimum Gasteiger partial charge on any atom is -0.382 e. The van der Waals surface area contributed by atoms with Crippen molar-refractivity contribution in [3.05, 3.63) is 12.7 Å². The van der Waals surface area contributed by atoms with Crippen molar-refractivity contribution in [1.82, 2.24) is 10.2 Å². The van der Waals surface area contributed by atoms with Crippen LogP contribution in [-0.4, -0.2) is 29.7 Å². The van der Waals surface area contributed by atoms with E-state index in [1.54, 1.807) is 6.08 Å². The third-order valence-electron chi connectivity index (χ3n) is 1.65. The van der Waals surface area contributed by atoms with Gasteiger partial charge in [-0.25, -0.2) is 4.84 Å². The molecule has 0 bridgehead atoms. The van der Waals surface area contributed by atoms with E-state index in [1.807, 2.05) is 6.92 Å². The molecule has 2 unspecified atom stereocenters. The number of carbonyl (C=O) groups excluding carboxylic acids is 1.